The van der Waals surface area contributed by atoms with Gasteiger partial charge < -0.3 is 9.47 Å². The zero-order chi connectivity index (χ0) is 11.1. The third-order valence-corrected chi connectivity index (χ3v) is 2.76. The van der Waals surface area contributed by atoms with Crippen LogP contribution in [-0.4, -0.2) is 34.4 Å². The van der Waals surface area contributed by atoms with Crippen molar-refractivity contribution in [2.75, 3.05) is 25.0 Å². The average Bonchev–Trinajstić information content (AvgIpc) is 2.26. The van der Waals surface area contributed by atoms with Crippen LogP contribution in [0.1, 0.15) is 6.92 Å². The maximum atomic E-state index is 11.4. The highest BCUT2D eigenvalue weighted by atomic mass is 79.9. The van der Waals surface area contributed by atoms with E-state index in [1.54, 1.807) is 16.7 Å². The first kappa shape index (κ1) is 12.5. The molecule has 1 aromatic rings. The lowest BCUT2D eigenvalue weighted by Gasteiger charge is -2.19. The third kappa shape index (κ3) is 4.18. The monoisotopic (exact) mass is 272 g/mol. The second-order valence-corrected chi connectivity index (χ2v) is 4.15. The van der Waals surface area contributed by atoms with Gasteiger partial charge in [-0.3, -0.25) is 4.79 Å². The van der Waals surface area contributed by atoms with Gasteiger partial charge in [0.1, 0.15) is 0 Å². The minimum atomic E-state index is 0.0763. The van der Waals surface area contributed by atoms with Gasteiger partial charge in [-0.05, 0) is 12.6 Å². The van der Waals surface area contributed by atoms with E-state index in [0.29, 0.717) is 0 Å². The summed E-state index contributed by atoms with van der Waals surface area (Å²) in [4.78, 5) is 13.7. The van der Waals surface area contributed by atoms with Crippen molar-refractivity contribution in [1.29, 1.82) is 0 Å². The van der Waals surface area contributed by atoms with Gasteiger partial charge >= 0.3 is 0 Å². The number of likely N-dealkylation sites (N-methyl/N-ethyl adjacent to an activating group) is 1. The van der Waals surface area contributed by atoms with E-state index in [1.165, 1.54) is 0 Å². The Labute approximate surface area is 98.8 Å². The van der Waals surface area contributed by atoms with Crippen LogP contribution in [0.4, 0.5) is 0 Å². The Hall–Kier alpha value is -0.610. The summed E-state index contributed by atoms with van der Waals surface area (Å²) in [5.41, 5.74) is 0.0763. The molecule has 3 nitrogen and oxygen atoms in total. The molecular weight excluding hydrogens is 256 g/mol. The zero-order valence-electron chi connectivity index (χ0n) is 9.03. The second kappa shape index (κ2) is 6.80. The highest BCUT2D eigenvalue weighted by Gasteiger charge is 2.01. The van der Waals surface area contributed by atoms with Crippen LogP contribution in [0.15, 0.2) is 29.2 Å². The molecule has 0 aliphatic carbocycles. The van der Waals surface area contributed by atoms with E-state index in [2.05, 4.69) is 27.8 Å². The fraction of sp³-hybridized carbons (Fsp3) is 0.545. The maximum Gasteiger partial charge on any atom is 0.250 e. The summed E-state index contributed by atoms with van der Waals surface area (Å²) in [7, 11) is 0. The van der Waals surface area contributed by atoms with Gasteiger partial charge in [-0.1, -0.05) is 28.9 Å². The Kier molecular flexibility index (Phi) is 5.65. The number of pyridine rings is 1. The smallest absolute Gasteiger partial charge is 0.250 e. The molecule has 0 saturated carbocycles. The number of hydrogen-bond donors (Lipinski definition) is 0. The molecule has 0 aliphatic heterocycles. The molecule has 0 radical (unpaired) electrons. The molecule has 0 amide bonds. The van der Waals surface area contributed by atoms with Crippen molar-refractivity contribution in [1.82, 2.24) is 9.47 Å². The predicted molar refractivity (Wildman–Crippen MR) is 66.6 cm³/mol. The SMILES string of the molecule is CCN(CCBr)CCn1ccccc1=O. The summed E-state index contributed by atoms with van der Waals surface area (Å²) < 4.78 is 1.75. The average molecular weight is 273 g/mol. The summed E-state index contributed by atoms with van der Waals surface area (Å²) in [6.45, 7) is 5.87. The van der Waals surface area contributed by atoms with Gasteiger partial charge in [0.05, 0.1) is 0 Å². The molecule has 1 heterocycles. The van der Waals surface area contributed by atoms with Gasteiger partial charge in [-0.15, -0.1) is 0 Å². The van der Waals surface area contributed by atoms with Crippen LogP contribution in [0.5, 0.6) is 0 Å². The van der Waals surface area contributed by atoms with Crippen LogP contribution in [0.2, 0.25) is 0 Å². The largest absolute Gasteiger partial charge is 0.314 e. The summed E-state index contributed by atoms with van der Waals surface area (Å²) in [5, 5.41) is 0.977. The van der Waals surface area contributed by atoms with Crippen molar-refractivity contribution < 1.29 is 0 Å². The minimum absolute atomic E-state index is 0.0763. The van der Waals surface area contributed by atoms with Crippen molar-refractivity contribution in [2.45, 2.75) is 13.5 Å². The number of nitrogens with zero attached hydrogens (tertiary/aromatic N) is 2. The number of rotatable bonds is 6. The Bertz CT molecular complexity index is 337. The molecule has 1 aromatic heterocycles. The molecular formula is C11H17BrN2O. The number of aromatic nitrogens is 1. The number of alkyl halides is 1. The standard InChI is InChI=1S/C11H17BrN2O/c1-2-13(8-6-12)9-10-14-7-4-3-5-11(14)15/h3-5,7H,2,6,8-10H2,1H3. The van der Waals surface area contributed by atoms with Gasteiger partial charge in [-0.2, -0.15) is 0 Å². The highest BCUT2D eigenvalue weighted by molar-refractivity contribution is 9.09. The Balaban J connectivity index is 2.49. The van der Waals surface area contributed by atoms with Gasteiger partial charge in [0.15, 0.2) is 0 Å². The molecule has 1 rings (SSSR count). The lowest BCUT2D eigenvalue weighted by atomic mass is 10.4. The first-order valence-corrected chi connectivity index (χ1v) is 6.34. The fourth-order valence-corrected chi connectivity index (χ4v) is 1.94. The van der Waals surface area contributed by atoms with Crippen LogP contribution < -0.4 is 5.56 Å². The summed E-state index contributed by atoms with van der Waals surface area (Å²) >= 11 is 3.42. The Morgan fingerprint density at radius 2 is 2.20 bits per heavy atom. The molecule has 15 heavy (non-hydrogen) atoms. The van der Waals surface area contributed by atoms with Crippen molar-refractivity contribution in [2.24, 2.45) is 0 Å². The second-order valence-electron chi connectivity index (χ2n) is 3.36. The lowest BCUT2D eigenvalue weighted by molar-refractivity contribution is 0.292. The van der Waals surface area contributed by atoms with E-state index in [1.807, 2.05) is 12.3 Å². The van der Waals surface area contributed by atoms with E-state index in [-0.39, 0.29) is 5.56 Å². The van der Waals surface area contributed by atoms with Gasteiger partial charge in [-0.25, -0.2) is 0 Å². The van der Waals surface area contributed by atoms with E-state index in [0.717, 1.165) is 31.5 Å². The molecule has 0 saturated heterocycles. The molecule has 0 aliphatic rings. The minimum Gasteiger partial charge on any atom is -0.314 e. The predicted octanol–water partition coefficient (Wildman–Crippen LogP) is 1.57. The van der Waals surface area contributed by atoms with Crippen LogP contribution in [0.3, 0.4) is 0 Å². The fourth-order valence-electron chi connectivity index (χ4n) is 1.44. The van der Waals surface area contributed by atoms with Crippen molar-refractivity contribution in [3.05, 3.63) is 34.7 Å². The number of halogens is 1. The molecule has 0 fully saturated rings. The van der Waals surface area contributed by atoms with Crippen molar-refractivity contribution in [3.8, 4) is 0 Å². The summed E-state index contributed by atoms with van der Waals surface area (Å²) in [5.74, 6) is 0. The molecule has 0 unspecified atom stereocenters. The number of hydrogen-bond acceptors (Lipinski definition) is 2. The first-order valence-electron chi connectivity index (χ1n) is 5.21. The van der Waals surface area contributed by atoms with Crippen LogP contribution in [0, 0.1) is 0 Å². The molecule has 84 valence electrons. The molecule has 0 atom stereocenters. The van der Waals surface area contributed by atoms with Crippen molar-refractivity contribution >= 4 is 15.9 Å². The van der Waals surface area contributed by atoms with Crippen LogP contribution >= 0.6 is 15.9 Å². The molecule has 0 bridgehead atoms. The zero-order valence-corrected chi connectivity index (χ0v) is 10.6. The van der Waals surface area contributed by atoms with E-state index >= 15 is 0 Å². The quantitative estimate of drug-likeness (QED) is 0.735. The normalized spacial score (nSPS) is 10.9. The Morgan fingerprint density at radius 3 is 2.80 bits per heavy atom. The third-order valence-electron chi connectivity index (χ3n) is 2.40. The summed E-state index contributed by atoms with van der Waals surface area (Å²) in [6, 6.07) is 5.26. The van der Waals surface area contributed by atoms with E-state index < -0.39 is 0 Å². The van der Waals surface area contributed by atoms with Crippen LogP contribution in [-0.2, 0) is 6.54 Å². The molecule has 0 aromatic carbocycles. The molecule has 0 spiro atoms. The van der Waals surface area contributed by atoms with E-state index in [9.17, 15) is 4.79 Å². The first-order chi connectivity index (χ1) is 7.27. The van der Waals surface area contributed by atoms with Crippen LogP contribution in [0.25, 0.3) is 0 Å². The van der Waals surface area contributed by atoms with Gasteiger partial charge in [0, 0.05) is 37.2 Å². The van der Waals surface area contributed by atoms with Gasteiger partial charge in [0.25, 0.3) is 5.56 Å². The van der Waals surface area contributed by atoms with E-state index in [4.69, 9.17) is 0 Å². The highest BCUT2D eigenvalue weighted by Crippen LogP contribution is 1.92. The van der Waals surface area contributed by atoms with Crippen molar-refractivity contribution in [3.63, 3.8) is 0 Å². The maximum absolute atomic E-state index is 11.4. The van der Waals surface area contributed by atoms with Gasteiger partial charge in [0.2, 0.25) is 0 Å². The topological polar surface area (TPSA) is 25.2 Å². The summed E-state index contributed by atoms with van der Waals surface area (Å²) in [6.07, 6.45) is 1.84. The molecule has 0 N–H and O–H groups in total. The lowest BCUT2D eigenvalue weighted by Crippen LogP contribution is -2.31. The Morgan fingerprint density at radius 1 is 1.40 bits per heavy atom. The molecule has 4 heteroatoms.